The van der Waals surface area contributed by atoms with Gasteiger partial charge in [0.15, 0.2) is 15.5 Å². The second kappa shape index (κ2) is 4.46. The van der Waals surface area contributed by atoms with E-state index in [9.17, 15) is 8.42 Å². The number of nitriles is 1. The van der Waals surface area contributed by atoms with Crippen molar-refractivity contribution in [2.45, 2.75) is 13.0 Å². The van der Waals surface area contributed by atoms with Crippen LogP contribution in [0.2, 0.25) is 0 Å². The summed E-state index contributed by atoms with van der Waals surface area (Å²) in [6.07, 6.45) is 0. The molecule has 0 bridgehead atoms. The normalized spacial score (nSPS) is 22.4. The van der Waals surface area contributed by atoms with Gasteiger partial charge >= 0.3 is 0 Å². The van der Waals surface area contributed by atoms with Gasteiger partial charge in [-0.3, -0.25) is 0 Å². The van der Waals surface area contributed by atoms with Gasteiger partial charge in [-0.05, 0) is 19.1 Å². The first-order valence-corrected chi connectivity index (χ1v) is 7.39. The summed E-state index contributed by atoms with van der Waals surface area (Å²) in [7, 11) is -2.96. The number of anilines is 2. The Morgan fingerprint density at radius 3 is 2.89 bits per heavy atom. The van der Waals surface area contributed by atoms with Crippen LogP contribution in [0.4, 0.5) is 11.5 Å². The van der Waals surface area contributed by atoms with Crippen molar-refractivity contribution in [3.63, 3.8) is 0 Å². The van der Waals surface area contributed by atoms with Crippen LogP contribution in [0, 0.1) is 11.3 Å². The SMILES string of the molecule is CC1CS(=O)(=O)CCN1c1ccc(N)c(C#N)n1. The van der Waals surface area contributed by atoms with Gasteiger partial charge in [0, 0.05) is 12.6 Å². The first kappa shape index (κ1) is 12.6. The van der Waals surface area contributed by atoms with E-state index in [0.29, 0.717) is 18.1 Å². The third-order valence-corrected chi connectivity index (χ3v) is 4.78. The summed E-state index contributed by atoms with van der Waals surface area (Å²) >= 11 is 0. The van der Waals surface area contributed by atoms with Crippen LogP contribution in [-0.4, -0.2) is 37.5 Å². The molecule has 1 atom stereocenters. The number of nitrogen functional groups attached to an aromatic ring is 1. The van der Waals surface area contributed by atoms with Crippen LogP contribution in [0.25, 0.3) is 0 Å². The molecule has 7 heteroatoms. The molecule has 2 rings (SSSR count). The minimum absolute atomic E-state index is 0.112. The number of hydrogen-bond donors (Lipinski definition) is 1. The molecule has 0 radical (unpaired) electrons. The fourth-order valence-corrected chi connectivity index (χ4v) is 3.60. The highest BCUT2D eigenvalue weighted by molar-refractivity contribution is 7.91. The van der Waals surface area contributed by atoms with E-state index in [1.807, 2.05) is 17.9 Å². The molecule has 1 aliphatic rings. The molecule has 0 saturated carbocycles. The minimum atomic E-state index is -2.96. The molecule has 1 aromatic heterocycles. The average molecular weight is 266 g/mol. The van der Waals surface area contributed by atoms with Gasteiger partial charge in [-0.25, -0.2) is 13.4 Å². The number of nitrogens with zero attached hydrogens (tertiary/aromatic N) is 3. The Morgan fingerprint density at radius 2 is 2.28 bits per heavy atom. The summed E-state index contributed by atoms with van der Waals surface area (Å²) in [6, 6.07) is 5.11. The maximum absolute atomic E-state index is 11.5. The molecule has 1 unspecified atom stereocenters. The Balaban J connectivity index is 2.31. The number of aromatic nitrogens is 1. The molecule has 0 aromatic carbocycles. The highest BCUT2D eigenvalue weighted by Crippen LogP contribution is 2.21. The Morgan fingerprint density at radius 1 is 1.56 bits per heavy atom. The molecule has 2 heterocycles. The average Bonchev–Trinajstić information content (AvgIpc) is 2.29. The van der Waals surface area contributed by atoms with Crippen molar-refractivity contribution >= 4 is 21.3 Å². The van der Waals surface area contributed by atoms with E-state index in [-0.39, 0.29) is 23.2 Å². The van der Waals surface area contributed by atoms with Crippen LogP contribution in [0.1, 0.15) is 12.6 Å². The van der Waals surface area contributed by atoms with Gasteiger partial charge < -0.3 is 10.6 Å². The van der Waals surface area contributed by atoms with Gasteiger partial charge in [-0.2, -0.15) is 5.26 Å². The Labute approximate surface area is 106 Å². The van der Waals surface area contributed by atoms with Crippen molar-refractivity contribution in [3.05, 3.63) is 17.8 Å². The Bertz CT molecular complexity index is 606. The van der Waals surface area contributed by atoms with Crippen LogP contribution in [0.3, 0.4) is 0 Å². The molecule has 1 aliphatic heterocycles. The van der Waals surface area contributed by atoms with Gasteiger partial charge in [-0.1, -0.05) is 0 Å². The van der Waals surface area contributed by atoms with Crippen LogP contribution >= 0.6 is 0 Å². The predicted molar refractivity (Wildman–Crippen MR) is 68.8 cm³/mol. The van der Waals surface area contributed by atoms with Gasteiger partial charge in [0.2, 0.25) is 0 Å². The Kier molecular flexibility index (Phi) is 3.13. The molecule has 1 saturated heterocycles. The molecular formula is C11H14N4O2S. The van der Waals surface area contributed by atoms with E-state index in [1.165, 1.54) is 0 Å². The molecule has 0 aliphatic carbocycles. The maximum Gasteiger partial charge on any atom is 0.165 e. The number of rotatable bonds is 1. The highest BCUT2D eigenvalue weighted by atomic mass is 32.2. The summed E-state index contributed by atoms with van der Waals surface area (Å²) in [5.41, 5.74) is 6.11. The van der Waals surface area contributed by atoms with E-state index in [4.69, 9.17) is 11.0 Å². The fraction of sp³-hybridized carbons (Fsp3) is 0.455. The van der Waals surface area contributed by atoms with Gasteiger partial charge in [0.1, 0.15) is 11.9 Å². The van der Waals surface area contributed by atoms with Crippen LogP contribution < -0.4 is 10.6 Å². The summed E-state index contributed by atoms with van der Waals surface area (Å²) in [4.78, 5) is 6.05. The molecule has 2 N–H and O–H groups in total. The van der Waals surface area contributed by atoms with Crippen molar-refractivity contribution in [2.75, 3.05) is 28.7 Å². The number of sulfone groups is 1. The summed E-state index contributed by atoms with van der Waals surface area (Å²) < 4.78 is 23.0. The van der Waals surface area contributed by atoms with Crippen molar-refractivity contribution < 1.29 is 8.42 Å². The third-order valence-electron chi connectivity index (χ3n) is 2.98. The van der Waals surface area contributed by atoms with E-state index in [1.54, 1.807) is 12.1 Å². The lowest BCUT2D eigenvalue weighted by atomic mass is 10.2. The Hall–Kier alpha value is -1.81. The maximum atomic E-state index is 11.5. The molecule has 1 fully saturated rings. The first-order valence-electron chi connectivity index (χ1n) is 5.56. The topological polar surface area (TPSA) is 100 Å². The van der Waals surface area contributed by atoms with Crippen molar-refractivity contribution in [3.8, 4) is 6.07 Å². The fourth-order valence-electron chi connectivity index (χ4n) is 2.05. The predicted octanol–water partition coefficient (Wildman–Crippen LogP) is 0.159. The van der Waals surface area contributed by atoms with Crippen LogP contribution in [-0.2, 0) is 9.84 Å². The zero-order chi connectivity index (χ0) is 13.3. The molecular weight excluding hydrogens is 252 g/mol. The lowest BCUT2D eigenvalue weighted by molar-refractivity contribution is 0.567. The second-order valence-corrected chi connectivity index (χ2v) is 6.60. The largest absolute Gasteiger partial charge is 0.396 e. The second-order valence-electron chi connectivity index (χ2n) is 4.38. The summed E-state index contributed by atoms with van der Waals surface area (Å²) in [5.74, 6) is 0.829. The van der Waals surface area contributed by atoms with Gasteiger partial charge in [0.05, 0.1) is 17.2 Å². The van der Waals surface area contributed by atoms with Crippen molar-refractivity contribution in [1.82, 2.24) is 4.98 Å². The third kappa shape index (κ3) is 2.38. The molecule has 18 heavy (non-hydrogen) atoms. The van der Waals surface area contributed by atoms with E-state index in [2.05, 4.69) is 4.98 Å². The number of pyridine rings is 1. The standard InChI is InChI=1S/C11H14N4O2S/c1-8-7-18(16,17)5-4-15(8)11-3-2-9(13)10(6-12)14-11/h2-3,8H,4-5,7,13H2,1H3. The van der Waals surface area contributed by atoms with Crippen molar-refractivity contribution in [2.24, 2.45) is 0 Å². The molecule has 0 amide bonds. The van der Waals surface area contributed by atoms with E-state index < -0.39 is 9.84 Å². The van der Waals surface area contributed by atoms with Crippen molar-refractivity contribution in [1.29, 1.82) is 5.26 Å². The summed E-state index contributed by atoms with van der Waals surface area (Å²) in [6.45, 7) is 2.23. The van der Waals surface area contributed by atoms with Gasteiger partial charge in [-0.15, -0.1) is 0 Å². The van der Waals surface area contributed by atoms with E-state index >= 15 is 0 Å². The summed E-state index contributed by atoms with van der Waals surface area (Å²) in [5, 5.41) is 8.88. The van der Waals surface area contributed by atoms with Crippen LogP contribution in [0.5, 0.6) is 0 Å². The number of hydrogen-bond acceptors (Lipinski definition) is 6. The highest BCUT2D eigenvalue weighted by Gasteiger charge is 2.29. The molecule has 0 spiro atoms. The van der Waals surface area contributed by atoms with Gasteiger partial charge in [0.25, 0.3) is 0 Å². The lowest BCUT2D eigenvalue weighted by Crippen LogP contribution is -2.47. The van der Waals surface area contributed by atoms with Crippen LogP contribution in [0.15, 0.2) is 12.1 Å². The monoisotopic (exact) mass is 266 g/mol. The quantitative estimate of drug-likeness (QED) is 0.777. The molecule has 6 nitrogen and oxygen atoms in total. The number of nitrogens with two attached hydrogens (primary N) is 1. The smallest absolute Gasteiger partial charge is 0.165 e. The zero-order valence-electron chi connectivity index (χ0n) is 10.00. The van der Waals surface area contributed by atoms with E-state index in [0.717, 1.165) is 0 Å². The molecule has 1 aromatic rings. The minimum Gasteiger partial charge on any atom is -0.396 e. The molecule has 96 valence electrons. The zero-order valence-corrected chi connectivity index (χ0v) is 10.8. The first-order chi connectivity index (χ1) is 8.43. The lowest BCUT2D eigenvalue weighted by Gasteiger charge is -2.34.